The van der Waals surface area contributed by atoms with E-state index in [0.29, 0.717) is 23.5 Å². The first-order valence-corrected chi connectivity index (χ1v) is 7.19. The average molecular weight is 242 g/mol. The van der Waals surface area contributed by atoms with Crippen LogP contribution in [0.5, 0.6) is 0 Å². The predicted molar refractivity (Wildman–Crippen MR) is 78.5 cm³/mol. The Bertz CT molecular complexity index is 192. The number of nitrogens with zero attached hydrogens (tertiary/aromatic N) is 1. The molecular formula is C15H34N2. The lowest BCUT2D eigenvalue weighted by atomic mass is 9.86. The molecule has 104 valence electrons. The Balaban J connectivity index is 4.18. The molecule has 0 saturated carbocycles. The molecule has 0 saturated heterocycles. The second kappa shape index (κ2) is 7.38. The third-order valence-electron chi connectivity index (χ3n) is 4.25. The number of likely N-dealkylation sites (N-methyl/N-ethyl adjacent to an activating group) is 1. The van der Waals surface area contributed by atoms with Crippen LogP contribution < -0.4 is 5.32 Å². The van der Waals surface area contributed by atoms with Gasteiger partial charge in [0.2, 0.25) is 0 Å². The van der Waals surface area contributed by atoms with Crippen molar-refractivity contribution in [2.24, 2.45) is 5.41 Å². The highest BCUT2D eigenvalue weighted by atomic mass is 15.2. The molecule has 2 unspecified atom stereocenters. The lowest BCUT2D eigenvalue weighted by Crippen LogP contribution is -2.49. The SMILES string of the molecule is CCC(CC)NCC(C)N(C)C(C)C(C)(C)C. The Labute approximate surface area is 109 Å². The van der Waals surface area contributed by atoms with Gasteiger partial charge >= 0.3 is 0 Å². The first kappa shape index (κ1) is 16.9. The molecule has 0 spiro atoms. The molecule has 0 aliphatic heterocycles. The van der Waals surface area contributed by atoms with Gasteiger partial charge in [-0.1, -0.05) is 34.6 Å². The van der Waals surface area contributed by atoms with E-state index in [1.54, 1.807) is 0 Å². The van der Waals surface area contributed by atoms with Crippen LogP contribution in [0.1, 0.15) is 61.3 Å². The lowest BCUT2D eigenvalue weighted by molar-refractivity contribution is 0.102. The summed E-state index contributed by atoms with van der Waals surface area (Å²) in [6.07, 6.45) is 2.45. The van der Waals surface area contributed by atoms with Gasteiger partial charge in [0, 0.05) is 24.7 Å². The van der Waals surface area contributed by atoms with Crippen LogP contribution in [-0.4, -0.2) is 36.6 Å². The van der Waals surface area contributed by atoms with Crippen LogP contribution >= 0.6 is 0 Å². The van der Waals surface area contributed by atoms with E-state index in [9.17, 15) is 0 Å². The Morgan fingerprint density at radius 2 is 1.53 bits per heavy atom. The summed E-state index contributed by atoms with van der Waals surface area (Å²) in [7, 11) is 2.25. The highest BCUT2D eigenvalue weighted by molar-refractivity contribution is 4.81. The van der Waals surface area contributed by atoms with Crippen molar-refractivity contribution >= 4 is 0 Å². The standard InChI is InChI=1S/C15H34N2/c1-9-14(10-2)16-11-12(3)17(8)13(4)15(5,6)7/h12-14,16H,9-11H2,1-8H3. The zero-order valence-corrected chi connectivity index (χ0v) is 13.3. The first-order chi connectivity index (χ1) is 7.73. The zero-order chi connectivity index (χ0) is 13.6. The van der Waals surface area contributed by atoms with Gasteiger partial charge in [0.15, 0.2) is 0 Å². The maximum Gasteiger partial charge on any atom is 0.0192 e. The van der Waals surface area contributed by atoms with Crippen molar-refractivity contribution in [2.75, 3.05) is 13.6 Å². The van der Waals surface area contributed by atoms with Crippen molar-refractivity contribution in [3.63, 3.8) is 0 Å². The molecule has 2 atom stereocenters. The smallest absolute Gasteiger partial charge is 0.0192 e. The van der Waals surface area contributed by atoms with Crippen LogP contribution in [0.15, 0.2) is 0 Å². The van der Waals surface area contributed by atoms with Gasteiger partial charge in [-0.05, 0) is 39.2 Å². The molecule has 0 bridgehead atoms. The molecule has 1 N–H and O–H groups in total. The van der Waals surface area contributed by atoms with Gasteiger partial charge in [0.05, 0.1) is 0 Å². The lowest BCUT2D eigenvalue weighted by Gasteiger charge is -2.39. The first-order valence-electron chi connectivity index (χ1n) is 7.19. The molecule has 0 aliphatic rings. The van der Waals surface area contributed by atoms with Crippen molar-refractivity contribution in [1.29, 1.82) is 0 Å². The van der Waals surface area contributed by atoms with E-state index in [-0.39, 0.29) is 0 Å². The fraction of sp³-hybridized carbons (Fsp3) is 1.00. The summed E-state index contributed by atoms with van der Waals surface area (Å²) in [6, 6.07) is 1.86. The Morgan fingerprint density at radius 1 is 1.06 bits per heavy atom. The minimum Gasteiger partial charge on any atom is -0.312 e. The van der Waals surface area contributed by atoms with E-state index < -0.39 is 0 Å². The minimum absolute atomic E-state index is 0.345. The molecule has 0 rings (SSSR count). The number of nitrogens with one attached hydrogen (secondary N) is 1. The van der Waals surface area contributed by atoms with Crippen LogP contribution in [0.4, 0.5) is 0 Å². The van der Waals surface area contributed by atoms with Gasteiger partial charge in [0.25, 0.3) is 0 Å². The maximum atomic E-state index is 3.66. The van der Waals surface area contributed by atoms with Crippen LogP contribution in [0.25, 0.3) is 0 Å². The van der Waals surface area contributed by atoms with Gasteiger partial charge in [0.1, 0.15) is 0 Å². The molecule has 0 radical (unpaired) electrons. The monoisotopic (exact) mass is 242 g/mol. The van der Waals surface area contributed by atoms with Crippen LogP contribution in [-0.2, 0) is 0 Å². The van der Waals surface area contributed by atoms with Crippen LogP contribution in [0, 0.1) is 5.41 Å². The Hall–Kier alpha value is -0.0800. The van der Waals surface area contributed by atoms with Gasteiger partial charge in [-0.3, -0.25) is 4.90 Å². The summed E-state index contributed by atoms with van der Waals surface area (Å²) in [4.78, 5) is 2.50. The van der Waals surface area contributed by atoms with E-state index in [1.807, 2.05) is 0 Å². The molecule has 0 aromatic rings. The second-order valence-corrected chi connectivity index (χ2v) is 6.48. The number of hydrogen-bond acceptors (Lipinski definition) is 2. The third-order valence-corrected chi connectivity index (χ3v) is 4.25. The molecule has 17 heavy (non-hydrogen) atoms. The van der Waals surface area contributed by atoms with Crippen molar-refractivity contribution in [3.8, 4) is 0 Å². The minimum atomic E-state index is 0.345. The fourth-order valence-electron chi connectivity index (χ4n) is 2.05. The molecule has 0 heterocycles. The van der Waals surface area contributed by atoms with E-state index in [2.05, 4.69) is 65.7 Å². The second-order valence-electron chi connectivity index (χ2n) is 6.48. The summed E-state index contributed by atoms with van der Waals surface area (Å²) >= 11 is 0. The van der Waals surface area contributed by atoms with Crippen molar-refractivity contribution in [1.82, 2.24) is 10.2 Å². The van der Waals surface area contributed by atoms with E-state index in [0.717, 1.165) is 6.54 Å². The van der Waals surface area contributed by atoms with Gasteiger partial charge < -0.3 is 5.32 Å². The molecule has 0 aromatic heterocycles. The van der Waals surface area contributed by atoms with Gasteiger partial charge in [-0.2, -0.15) is 0 Å². The summed E-state index contributed by atoms with van der Waals surface area (Å²) in [5.41, 5.74) is 0.345. The highest BCUT2D eigenvalue weighted by Crippen LogP contribution is 2.24. The predicted octanol–water partition coefficient (Wildman–Crippen LogP) is 3.52. The molecular weight excluding hydrogens is 208 g/mol. The molecule has 0 aliphatic carbocycles. The average Bonchev–Trinajstić information content (AvgIpc) is 2.26. The fourth-order valence-corrected chi connectivity index (χ4v) is 2.05. The quantitative estimate of drug-likeness (QED) is 0.735. The number of hydrogen-bond donors (Lipinski definition) is 1. The Morgan fingerprint density at radius 3 is 1.88 bits per heavy atom. The summed E-state index contributed by atoms with van der Waals surface area (Å²) in [6.45, 7) is 17.2. The molecule has 0 fully saturated rings. The Kier molecular flexibility index (Phi) is 7.34. The van der Waals surface area contributed by atoms with Crippen LogP contribution in [0.2, 0.25) is 0 Å². The van der Waals surface area contributed by atoms with E-state index >= 15 is 0 Å². The normalized spacial score (nSPS) is 16.6. The van der Waals surface area contributed by atoms with Crippen molar-refractivity contribution in [3.05, 3.63) is 0 Å². The van der Waals surface area contributed by atoms with E-state index in [1.165, 1.54) is 12.8 Å². The van der Waals surface area contributed by atoms with Crippen molar-refractivity contribution in [2.45, 2.75) is 79.4 Å². The van der Waals surface area contributed by atoms with Gasteiger partial charge in [-0.15, -0.1) is 0 Å². The van der Waals surface area contributed by atoms with Gasteiger partial charge in [-0.25, -0.2) is 0 Å². The third kappa shape index (κ3) is 5.87. The molecule has 0 amide bonds. The highest BCUT2D eigenvalue weighted by Gasteiger charge is 2.26. The van der Waals surface area contributed by atoms with Crippen molar-refractivity contribution < 1.29 is 0 Å². The topological polar surface area (TPSA) is 15.3 Å². The summed E-state index contributed by atoms with van der Waals surface area (Å²) in [5, 5.41) is 3.66. The van der Waals surface area contributed by atoms with Crippen LogP contribution in [0.3, 0.4) is 0 Å². The molecule has 2 nitrogen and oxygen atoms in total. The summed E-state index contributed by atoms with van der Waals surface area (Å²) in [5.74, 6) is 0. The largest absolute Gasteiger partial charge is 0.312 e. The summed E-state index contributed by atoms with van der Waals surface area (Å²) < 4.78 is 0. The maximum absolute atomic E-state index is 3.66. The zero-order valence-electron chi connectivity index (χ0n) is 13.3. The van der Waals surface area contributed by atoms with E-state index in [4.69, 9.17) is 0 Å². The molecule has 2 heteroatoms. The number of rotatable bonds is 7. The molecule has 0 aromatic carbocycles.